The molecule has 0 heterocycles. The molecule has 0 radical (unpaired) electrons. The van der Waals surface area contributed by atoms with Crippen molar-refractivity contribution in [3.05, 3.63) is 23.8 Å². The van der Waals surface area contributed by atoms with Crippen LogP contribution in [0.2, 0.25) is 0 Å². The zero-order valence-corrected chi connectivity index (χ0v) is 6.87. The molecule has 0 aliphatic carbocycles. The molecule has 0 spiro atoms. The van der Waals surface area contributed by atoms with Gasteiger partial charge in [0, 0.05) is 0 Å². The number of hydrogen-bond donors (Lipinski definition) is 0. The predicted octanol–water partition coefficient (Wildman–Crippen LogP) is -0.778. The Balaban J connectivity index is 3.18. The first kappa shape index (κ1) is 9.23. The summed E-state index contributed by atoms with van der Waals surface area (Å²) < 4.78 is 36.4. The lowest BCUT2D eigenvalue weighted by molar-refractivity contribution is -0.137. The molecule has 62 valence electrons. The van der Waals surface area contributed by atoms with Crippen LogP contribution in [0.4, 0.5) is 13.2 Å². The zero-order valence-electron chi connectivity index (χ0n) is 6.87. The van der Waals surface area contributed by atoms with Crippen molar-refractivity contribution in [3.63, 3.8) is 0 Å². The van der Waals surface area contributed by atoms with E-state index in [0.29, 0.717) is 10.9 Å². The molecule has 12 heavy (non-hydrogen) atoms. The predicted molar refractivity (Wildman–Crippen MR) is 47.8 cm³/mol. The highest BCUT2D eigenvalue weighted by molar-refractivity contribution is 6.37. The largest absolute Gasteiger partial charge is 0.416 e. The zero-order chi connectivity index (χ0) is 9.35. The first-order chi connectivity index (χ1) is 5.39. The lowest BCUT2D eigenvalue weighted by atomic mass is 9.85. The molecular formula is C7H7B2F3. The van der Waals surface area contributed by atoms with Gasteiger partial charge in [0.1, 0.15) is 15.7 Å². The van der Waals surface area contributed by atoms with Crippen molar-refractivity contribution in [2.45, 2.75) is 6.18 Å². The van der Waals surface area contributed by atoms with Gasteiger partial charge in [0.25, 0.3) is 0 Å². The van der Waals surface area contributed by atoms with Gasteiger partial charge >= 0.3 is 6.18 Å². The maximum Gasteiger partial charge on any atom is 0.416 e. The van der Waals surface area contributed by atoms with E-state index in [1.165, 1.54) is 0 Å². The summed E-state index contributed by atoms with van der Waals surface area (Å²) in [5, 5.41) is 0. The standard InChI is InChI=1S/C7H7B2F3/c8-5-1-4(7(10,11)12)2-6(9)3-5/h1-3H,8-9H2. The number of halogens is 3. The van der Waals surface area contributed by atoms with E-state index >= 15 is 0 Å². The van der Waals surface area contributed by atoms with E-state index in [1.54, 1.807) is 21.8 Å². The Labute approximate surface area is 70.6 Å². The summed E-state index contributed by atoms with van der Waals surface area (Å²) in [5.41, 5.74) is 0.713. The number of hydrogen-bond acceptors (Lipinski definition) is 0. The van der Waals surface area contributed by atoms with E-state index in [4.69, 9.17) is 0 Å². The molecule has 1 rings (SSSR count). The van der Waals surface area contributed by atoms with Crippen LogP contribution in [-0.4, -0.2) is 15.7 Å². The fourth-order valence-electron chi connectivity index (χ4n) is 1.14. The third kappa shape index (κ3) is 2.06. The van der Waals surface area contributed by atoms with Crippen molar-refractivity contribution in [2.75, 3.05) is 0 Å². The molecule has 0 fully saturated rings. The summed E-state index contributed by atoms with van der Waals surface area (Å²) in [4.78, 5) is 0. The van der Waals surface area contributed by atoms with Crippen LogP contribution in [0, 0.1) is 0 Å². The molecule has 1 aromatic rings. The van der Waals surface area contributed by atoms with Crippen molar-refractivity contribution in [3.8, 4) is 0 Å². The van der Waals surface area contributed by atoms with Crippen molar-refractivity contribution >= 4 is 26.6 Å². The average molecular weight is 170 g/mol. The normalized spacial score (nSPS) is 11.6. The quantitative estimate of drug-likeness (QED) is 0.448. The molecular weight excluding hydrogens is 163 g/mol. The summed E-state index contributed by atoms with van der Waals surface area (Å²) in [6, 6.07) is 4.01. The van der Waals surface area contributed by atoms with Gasteiger partial charge in [-0.1, -0.05) is 29.1 Å². The average Bonchev–Trinajstić information content (AvgIpc) is 1.82. The second-order valence-electron chi connectivity index (χ2n) is 2.87. The highest BCUT2D eigenvalue weighted by atomic mass is 19.4. The number of benzene rings is 1. The van der Waals surface area contributed by atoms with Crippen molar-refractivity contribution < 1.29 is 13.2 Å². The van der Waals surface area contributed by atoms with Gasteiger partial charge in [-0.3, -0.25) is 0 Å². The molecule has 0 saturated carbocycles. The minimum atomic E-state index is -4.23. The fourth-order valence-corrected chi connectivity index (χ4v) is 1.14. The van der Waals surface area contributed by atoms with E-state index in [1.807, 2.05) is 0 Å². The smallest absolute Gasteiger partial charge is 0.166 e. The fraction of sp³-hybridized carbons (Fsp3) is 0.143. The summed E-state index contributed by atoms with van der Waals surface area (Å²) in [7, 11) is 3.31. The Bertz CT molecular complexity index is 273. The van der Waals surface area contributed by atoms with Crippen molar-refractivity contribution in [1.82, 2.24) is 0 Å². The first-order valence-electron chi connectivity index (χ1n) is 3.55. The van der Waals surface area contributed by atoms with Gasteiger partial charge < -0.3 is 0 Å². The summed E-state index contributed by atoms with van der Waals surface area (Å²) in [5.74, 6) is 0. The summed E-state index contributed by atoms with van der Waals surface area (Å²) in [6.45, 7) is 0. The van der Waals surface area contributed by atoms with Crippen LogP contribution in [0.3, 0.4) is 0 Å². The van der Waals surface area contributed by atoms with Crippen LogP contribution in [0.5, 0.6) is 0 Å². The first-order valence-corrected chi connectivity index (χ1v) is 3.55. The molecule has 0 aromatic heterocycles. The molecule has 0 amide bonds. The third-order valence-corrected chi connectivity index (χ3v) is 1.55. The van der Waals surface area contributed by atoms with Crippen LogP contribution in [-0.2, 0) is 6.18 Å². The van der Waals surface area contributed by atoms with Gasteiger partial charge in [0.2, 0.25) is 0 Å². The van der Waals surface area contributed by atoms with Gasteiger partial charge in [-0.25, -0.2) is 0 Å². The molecule has 5 heteroatoms. The minimum Gasteiger partial charge on any atom is -0.166 e. The second-order valence-corrected chi connectivity index (χ2v) is 2.87. The molecule has 0 saturated heterocycles. The SMILES string of the molecule is Bc1cc(B)cc(C(F)(F)F)c1. The lowest BCUT2D eigenvalue weighted by Crippen LogP contribution is -2.19. The van der Waals surface area contributed by atoms with E-state index in [2.05, 4.69) is 0 Å². The summed E-state index contributed by atoms with van der Waals surface area (Å²) in [6.07, 6.45) is -4.23. The molecule has 0 nitrogen and oxygen atoms in total. The lowest BCUT2D eigenvalue weighted by Gasteiger charge is -2.08. The Morgan fingerprint density at radius 3 is 1.67 bits per heavy atom. The van der Waals surface area contributed by atoms with Gasteiger partial charge in [0.05, 0.1) is 5.56 Å². The maximum absolute atomic E-state index is 12.1. The Kier molecular flexibility index (Phi) is 2.22. The molecule has 0 atom stereocenters. The monoisotopic (exact) mass is 170 g/mol. The van der Waals surface area contributed by atoms with Gasteiger partial charge in [-0.15, -0.1) is 0 Å². The van der Waals surface area contributed by atoms with Crippen LogP contribution < -0.4 is 10.9 Å². The molecule has 0 N–H and O–H groups in total. The molecule has 0 bridgehead atoms. The molecule has 0 unspecified atom stereocenters. The van der Waals surface area contributed by atoms with Crippen LogP contribution in [0.15, 0.2) is 18.2 Å². The van der Waals surface area contributed by atoms with Crippen molar-refractivity contribution in [1.29, 1.82) is 0 Å². The van der Waals surface area contributed by atoms with Crippen LogP contribution in [0.1, 0.15) is 5.56 Å². The third-order valence-electron chi connectivity index (χ3n) is 1.55. The van der Waals surface area contributed by atoms with E-state index in [9.17, 15) is 13.2 Å². The summed E-state index contributed by atoms with van der Waals surface area (Å²) >= 11 is 0. The van der Waals surface area contributed by atoms with Crippen LogP contribution in [0.25, 0.3) is 0 Å². The Morgan fingerprint density at radius 2 is 1.33 bits per heavy atom. The second kappa shape index (κ2) is 2.88. The van der Waals surface area contributed by atoms with Gasteiger partial charge in [0.15, 0.2) is 0 Å². The Morgan fingerprint density at radius 1 is 0.917 bits per heavy atom. The highest BCUT2D eigenvalue weighted by Crippen LogP contribution is 2.27. The van der Waals surface area contributed by atoms with E-state index in [-0.39, 0.29) is 0 Å². The maximum atomic E-state index is 12.1. The van der Waals surface area contributed by atoms with Crippen LogP contribution >= 0.6 is 0 Å². The van der Waals surface area contributed by atoms with Gasteiger partial charge in [-0.2, -0.15) is 13.2 Å². The molecule has 0 aliphatic heterocycles. The molecule has 0 aliphatic rings. The molecule has 1 aromatic carbocycles. The Hall–Kier alpha value is -0.860. The number of rotatable bonds is 0. The highest BCUT2D eigenvalue weighted by Gasteiger charge is 2.30. The van der Waals surface area contributed by atoms with E-state index < -0.39 is 11.7 Å². The van der Waals surface area contributed by atoms with Crippen molar-refractivity contribution in [2.24, 2.45) is 0 Å². The number of alkyl halides is 3. The van der Waals surface area contributed by atoms with Gasteiger partial charge in [-0.05, 0) is 0 Å². The minimum absolute atomic E-state index is 0.569. The van der Waals surface area contributed by atoms with E-state index in [0.717, 1.165) is 12.1 Å². The topological polar surface area (TPSA) is 0 Å².